The minimum Gasteiger partial charge on any atom is -0.465 e. The van der Waals surface area contributed by atoms with E-state index in [0.717, 1.165) is 24.6 Å². The number of nitrogens with one attached hydrogen (secondary N) is 1. The summed E-state index contributed by atoms with van der Waals surface area (Å²) < 4.78 is 5.73. The van der Waals surface area contributed by atoms with Crippen molar-refractivity contribution in [3.05, 3.63) is 23.7 Å². The first-order valence-electron chi connectivity index (χ1n) is 6.91. The average molecular weight is 265 g/mol. The smallest absolute Gasteiger partial charge is 0.236 e. The van der Waals surface area contributed by atoms with Gasteiger partial charge in [-0.25, -0.2) is 0 Å². The molecule has 2 unspecified atom stereocenters. The fourth-order valence-electron chi connectivity index (χ4n) is 2.45. The summed E-state index contributed by atoms with van der Waals surface area (Å²) in [6, 6.07) is 3.60. The lowest BCUT2D eigenvalue weighted by molar-refractivity contribution is -0.122. The van der Waals surface area contributed by atoms with Gasteiger partial charge >= 0.3 is 0 Å². The lowest BCUT2D eigenvalue weighted by Gasteiger charge is -2.26. The first-order valence-corrected chi connectivity index (χ1v) is 6.91. The van der Waals surface area contributed by atoms with Crippen LogP contribution < -0.4 is 11.1 Å². The number of aryl methyl sites for hydroxylation is 1. The Kier molecular flexibility index (Phi) is 4.61. The molecular formula is C14H23N3O2. The van der Waals surface area contributed by atoms with Crippen LogP contribution in [0.3, 0.4) is 0 Å². The van der Waals surface area contributed by atoms with Crippen molar-refractivity contribution in [2.45, 2.75) is 38.8 Å². The van der Waals surface area contributed by atoms with Crippen molar-refractivity contribution in [1.29, 1.82) is 0 Å². The van der Waals surface area contributed by atoms with Crippen molar-refractivity contribution < 1.29 is 9.21 Å². The standard InChI is InChI=1S/C14H23N3O2/c1-10-5-6-13(19-10)12(17-7-3-4-8-17)9-16-14(18)11(2)15/h5-6,11-12H,3-4,7-9,15H2,1-2H3,(H,16,18). The number of rotatable bonds is 5. The fraction of sp³-hybridized carbons (Fsp3) is 0.643. The molecule has 0 saturated carbocycles. The molecule has 106 valence electrons. The summed E-state index contributed by atoms with van der Waals surface area (Å²) in [6.45, 7) is 6.28. The van der Waals surface area contributed by atoms with Crippen LogP contribution >= 0.6 is 0 Å². The zero-order valence-corrected chi connectivity index (χ0v) is 11.7. The van der Waals surface area contributed by atoms with E-state index in [0.29, 0.717) is 6.54 Å². The van der Waals surface area contributed by atoms with Crippen molar-refractivity contribution in [1.82, 2.24) is 10.2 Å². The van der Waals surface area contributed by atoms with Crippen LogP contribution in [0.15, 0.2) is 16.5 Å². The highest BCUT2D eigenvalue weighted by Crippen LogP contribution is 2.26. The summed E-state index contributed by atoms with van der Waals surface area (Å²) in [4.78, 5) is 14.0. The Hall–Kier alpha value is -1.33. The molecule has 1 saturated heterocycles. The van der Waals surface area contributed by atoms with E-state index < -0.39 is 6.04 Å². The Balaban J connectivity index is 2.04. The Morgan fingerprint density at radius 2 is 2.16 bits per heavy atom. The van der Waals surface area contributed by atoms with Crippen LogP contribution in [0, 0.1) is 6.92 Å². The third kappa shape index (κ3) is 3.58. The molecule has 3 N–H and O–H groups in total. The van der Waals surface area contributed by atoms with Crippen molar-refractivity contribution in [2.24, 2.45) is 5.73 Å². The third-order valence-electron chi connectivity index (χ3n) is 3.55. The second-order valence-corrected chi connectivity index (χ2v) is 5.24. The number of carbonyl (C=O) groups is 1. The summed E-state index contributed by atoms with van der Waals surface area (Å²) in [7, 11) is 0. The topological polar surface area (TPSA) is 71.5 Å². The number of furan rings is 1. The van der Waals surface area contributed by atoms with Gasteiger partial charge in [0, 0.05) is 6.54 Å². The molecule has 0 spiro atoms. The number of nitrogens with two attached hydrogens (primary N) is 1. The van der Waals surface area contributed by atoms with E-state index in [2.05, 4.69) is 10.2 Å². The molecule has 0 bridgehead atoms. The van der Waals surface area contributed by atoms with E-state index in [4.69, 9.17) is 10.2 Å². The monoisotopic (exact) mass is 265 g/mol. The maximum absolute atomic E-state index is 11.6. The van der Waals surface area contributed by atoms with Gasteiger partial charge in [-0.1, -0.05) is 0 Å². The van der Waals surface area contributed by atoms with Crippen LogP contribution in [0.1, 0.15) is 37.3 Å². The zero-order chi connectivity index (χ0) is 13.8. The van der Waals surface area contributed by atoms with Crippen LogP contribution in [0.5, 0.6) is 0 Å². The molecule has 1 aliphatic rings. The number of carbonyl (C=O) groups excluding carboxylic acids is 1. The maximum atomic E-state index is 11.6. The molecule has 5 heteroatoms. The van der Waals surface area contributed by atoms with Gasteiger partial charge in [0.15, 0.2) is 0 Å². The second-order valence-electron chi connectivity index (χ2n) is 5.24. The molecule has 19 heavy (non-hydrogen) atoms. The minimum absolute atomic E-state index is 0.110. The van der Waals surface area contributed by atoms with Gasteiger partial charge in [-0.15, -0.1) is 0 Å². The van der Waals surface area contributed by atoms with Crippen molar-refractivity contribution in [2.75, 3.05) is 19.6 Å². The largest absolute Gasteiger partial charge is 0.465 e. The molecule has 2 heterocycles. The van der Waals surface area contributed by atoms with E-state index in [1.807, 2.05) is 19.1 Å². The SMILES string of the molecule is Cc1ccc(C(CNC(=O)C(C)N)N2CCCC2)o1. The predicted molar refractivity (Wildman–Crippen MR) is 73.7 cm³/mol. The van der Waals surface area contributed by atoms with Gasteiger partial charge in [0.05, 0.1) is 12.1 Å². The second kappa shape index (κ2) is 6.21. The number of hydrogen-bond donors (Lipinski definition) is 2. The molecule has 1 amide bonds. The molecular weight excluding hydrogens is 242 g/mol. The molecule has 1 fully saturated rings. The number of amides is 1. The van der Waals surface area contributed by atoms with Gasteiger partial charge in [-0.2, -0.15) is 0 Å². The maximum Gasteiger partial charge on any atom is 0.236 e. The summed E-state index contributed by atoms with van der Waals surface area (Å²) in [5.74, 6) is 1.70. The lowest BCUT2D eigenvalue weighted by Crippen LogP contribution is -2.43. The zero-order valence-electron chi connectivity index (χ0n) is 11.7. The van der Waals surface area contributed by atoms with Crippen LogP contribution in [0.4, 0.5) is 0 Å². The first kappa shape index (κ1) is 14.1. The fourth-order valence-corrected chi connectivity index (χ4v) is 2.45. The van der Waals surface area contributed by atoms with E-state index >= 15 is 0 Å². The van der Waals surface area contributed by atoms with Gasteiger partial charge in [0.2, 0.25) is 5.91 Å². The van der Waals surface area contributed by atoms with Crippen LogP contribution in [0.2, 0.25) is 0 Å². The highest BCUT2D eigenvalue weighted by Gasteiger charge is 2.26. The van der Waals surface area contributed by atoms with E-state index in [1.54, 1.807) is 6.92 Å². The number of likely N-dealkylation sites (tertiary alicyclic amines) is 1. The molecule has 2 rings (SSSR count). The number of nitrogens with zero attached hydrogens (tertiary/aromatic N) is 1. The molecule has 2 atom stereocenters. The van der Waals surface area contributed by atoms with Gasteiger partial charge in [-0.05, 0) is 51.9 Å². The molecule has 1 aromatic rings. The van der Waals surface area contributed by atoms with Crippen LogP contribution in [-0.4, -0.2) is 36.5 Å². The Labute approximate surface area is 114 Å². The average Bonchev–Trinajstić information content (AvgIpc) is 3.01. The molecule has 0 aliphatic carbocycles. The summed E-state index contributed by atoms with van der Waals surface area (Å²) in [6.07, 6.45) is 2.41. The van der Waals surface area contributed by atoms with Gasteiger partial charge in [-0.3, -0.25) is 9.69 Å². The van der Waals surface area contributed by atoms with Crippen molar-refractivity contribution in [3.63, 3.8) is 0 Å². The molecule has 1 aromatic heterocycles. The van der Waals surface area contributed by atoms with Crippen molar-refractivity contribution in [3.8, 4) is 0 Å². The normalized spacial score (nSPS) is 19.3. The highest BCUT2D eigenvalue weighted by molar-refractivity contribution is 5.80. The lowest BCUT2D eigenvalue weighted by atomic mass is 10.2. The van der Waals surface area contributed by atoms with E-state index in [-0.39, 0.29) is 11.9 Å². The van der Waals surface area contributed by atoms with Crippen LogP contribution in [-0.2, 0) is 4.79 Å². The Morgan fingerprint density at radius 3 is 2.68 bits per heavy atom. The number of hydrogen-bond acceptors (Lipinski definition) is 4. The minimum atomic E-state index is -0.474. The summed E-state index contributed by atoms with van der Waals surface area (Å²) >= 11 is 0. The van der Waals surface area contributed by atoms with Gasteiger partial charge in [0.25, 0.3) is 0 Å². The van der Waals surface area contributed by atoms with E-state index in [9.17, 15) is 4.79 Å². The van der Waals surface area contributed by atoms with Crippen molar-refractivity contribution >= 4 is 5.91 Å². The molecule has 0 radical (unpaired) electrons. The van der Waals surface area contributed by atoms with Gasteiger partial charge < -0.3 is 15.5 Å². The molecule has 5 nitrogen and oxygen atoms in total. The first-order chi connectivity index (χ1) is 9.08. The summed E-state index contributed by atoms with van der Waals surface area (Å²) in [5, 5.41) is 2.90. The third-order valence-corrected chi connectivity index (χ3v) is 3.55. The summed E-state index contributed by atoms with van der Waals surface area (Å²) in [5.41, 5.74) is 5.57. The molecule has 0 aromatic carbocycles. The predicted octanol–water partition coefficient (Wildman–Crippen LogP) is 1.19. The molecule has 1 aliphatic heterocycles. The quantitative estimate of drug-likeness (QED) is 0.839. The Morgan fingerprint density at radius 1 is 1.47 bits per heavy atom. The highest BCUT2D eigenvalue weighted by atomic mass is 16.3. The van der Waals surface area contributed by atoms with E-state index in [1.165, 1.54) is 12.8 Å². The van der Waals surface area contributed by atoms with Crippen LogP contribution in [0.25, 0.3) is 0 Å². The Bertz CT molecular complexity index is 422. The van der Waals surface area contributed by atoms with Gasteiger partial charge in [0.1, 0.15) is 11.5 Å².